The highest BCUT2D eigenvalue weighted by molar-refractivity contribution is 14.0. The van der Waals surface area contributed by atoms with Crippen LogP contribution in [0.25, 0.3) is 0 Å². The number of fused-ring (bicyclic) bond motifs is 1. The SMILES string of the molecule is CN=C(NCCc1nc(C)no1)NCC1COc2ccccc2O1.I. The molecule has 1 aromatic carbocycles. The highest BCUT2D eigenvalue weighted by Gasteiger charge is 2.20. The third-order valence-corrected chi connectivity index (χ3v) is 3.49. The zero-order valence-corrected chi connectivity index (χ0v) is 16.5. The summed E-state index contributed by atoms with van der Waals surface area (Å²) in [5, 5.41) is 10.2. The van der Waals surface area contributed by atoms with Crippen LogP contribution >= 0.6 is 24.0 Å². The van der Waals surface area contributed by atoms with Crippen LogP contribution in [0.3, 0.4) is 0 Å². The van der Waals surface area contributed by atoms with Crippen LogP contribution in [0.5, 0.6) is 11.5 Å². The Hall–Kier alpha value is -2.04. The molecule has 0 saturated heterocycles. The van der Waals surface area contributed by atoms with Crippen molar-refractivity contribution in [3.05, 3.63) is 36.0 Å². The molecule has 1 aromatic heterocycles. The van der Waals surface area contributed by atoms with Gasteiger partial charge in [0.05, 0.1) is 6.54 Å². The van der Waals surface area contributed by atoms with E-state index in [9.17, 15) is 0 Å². The van der Waals surface area contributed by atoms with Gasteiger partial charge >= 0.3 is 0 Å². The number of ether oxygens (including phenoxy) is 2. The molecule has 0 bridgehead atoms. The van der Waals surface area contributed by atoms with Gasteiger partial charge in [0.15, 0.2) is 23.3 Å². The molecular formula is C16H22IN5O3. The fraction of sp³-hybridized carbons (Fsp3) is 0.438. The van der Waals surface area contributed by atoms with Gasteiger partial charge in [0.1, 0.15) is 12.7 Å². The molecule has 0 amide bonds. The average molecular weight is 459 g/mol. The first-order valence-corrected chi connectivity index (χ1v) is 7.87. The first kappa shape index (κ1) is 19.3. The van der Waals surface area contributed by atoms with Crippen LogP contribution in [-0.4, -0.2) is 48.9 Å². The fourth-order valence-electron chi connectivity index (χ4n) is 2.32. The summed E-state index contributed by atoms with van der Waals surface area (Å²) in [5.41, 5.74) is 0. The van der Waals surface area contributed by atoms with Gasteiger partial charge in [-0.3, -0.25) is 4.99 Å². The lowest BCUT2D eigenvalue weighted by Crippen LogP contribution is -2.45. The topological polar surface area (TPSA) is 93.8 Å². The van der Waals surface area contributed by atoms with Crippen molar-refractivity contribution in [1.29, 1.82) is 0 Å². The summed E-state index contributed by atoms with van der Waals surface area (Å²) < 4.78 is 16.7. The Labute approximate surface area is 163 Å². The number of guanidine groups is 1. The number of aryl methyl sites for hydroxylation is 1. The summed E-state index contributed by atoms with van der Waals surface area (Å²) in [6.07, 6.45) is 0.565. The average Bonchev–Trinajstić information content (AvgIpc) is 3.03. The third kappa shape index (κ3) is 5.48. The number of aromatic nitrogens is 2. The summed E-state index contributed by atoms with van der Waals surface area (Å²) in [4.78, 5) is 8.34. The van der Waals surface area contributed by atoms with Gasteiger partial charge in [0.25, 0.3) is 0 Å². The number of hydrogen-bond donors (Lipinski definition) is 2. The second-order valence-electron chi connectivity index (χ2n) is 5.36. The van der Waals surface area contributed by atoms with Crippen LogP contribution in [0, 0.1) is 6.92 Å². The molecule has 136 valence electrons. The molecule has 2 N–H and O–H groups in total. The molecule has 1 aliphatic rings. The quantitative estimate of drug-likeness (QED) is 0.398. The molecule has 9 heteroatoms. The Morgan fingerprint density at radius 1 is 1.28 bits per heavy atom. The van der Waals surface area contributed by atoms with Crippen molar-refractivity contribution >= 4 is 29.9 Å². The van der Waals surface area contributed by atoms with Gasteiger partial charge in [-0.15, -0.1) is 24.0 Å². The molecule has 0 fully saturated rings. The van der Waals surface area contributed by atoms with Crippen LogP contribution in [0.1, 0.15) is 11.7 Å². The number of nitrogens with one attached hydrogen (secondary N) is 2. The molecule has 1 aliphatic heterocycles. The van der Waals surface area contributed by atoms with Crippen LogP contribution in [-0.2, 0) is 6.42 Å². The summed E-state index contributed by atoms with van der Waals surface area (Å²) in [6.45, 7) is 3.54. The Kier molecular flexibility index (Phi) is 7.29. The van der Waals surface area contributed by atoms with Gasteiger partial charge < -0.3 is 24.6 Å². The zero-order valence-electron chi connectivity index (χ0n) is 14.2. The molecule has 2 heterocycles. The number of halogens is 1. The maximum absolute atomic E-state index is 5.90. The van der Waals surface area contributed by atoms with E-state index < -0.39 is 0 Å². The maximum Gasteiger partial charge on any atom is 0.228 e. The van der Waals surface area contributed by atoms with Gasteiger partial charge in [-0.2, -0.15) is 4.98 Å². The highest BCUT2D eigenvalue weighted by Crippen LogP contribution is 2.30. The second kappa shape index (κ2) is 9.44. The van der Waals surface area contributed by atoms with E-state index >= 15 is 0 Å². The van der Waals surface area contributed by atoms with E-state index in [1.807, 2.05) is 24.3 Å². The monoisotopic (exact) mass is 459 g/mol. The minimum atomic E-state index is -0.0722. The van der Waals surface area contributed by atoms with Crippen LogP contribution in [0.15, 0.2) is 33.8 Å². The van der Waals surface area contributed by atoms with E-state index in [4.69, 9.17) is 14.0 Å². The van der Waals surface area contributed by atoms with Crippen molar-refractivity contribution in [2.75, 3.05) is 26.7 Å². The van der Waals surface area contributed by atoms with Crippen molar-refractivity contribution < 1.29 is 14.0 Å². The second-order valence-corrected chi connectivity index (χ2v) is 5.36. The smallest absolute Gasteiger partial charge is 0.228 e. The minimum absolute atomic E-state index is 0. The Morgan fingerprint density at radius 2 is 2.08 bits per heavy atom. The molecule has 0 spiro atoms. The van der Waals surface area contributed by atoms with E-state index in [2.05, 4.69) is 25.8 Å². The summed E-state index contributed by atoms with van der Waals surface area (Å²) in [6, 6.07) is 7.66. The molecule has 3 rings (SSSR count). The van der Waals surface area contributed by atoms with Crippen LogP contribution < -0.4 is 20.1 Å². The molecule has 0 radical (unpaired) electrons. The number of nitrogens with zero attached hydrogens (tertiary/aromatic N) is 3. The molecule has 0 saturated carbocycles. The predicted octanol–water partition coefficient (Wildman–Crippen LogP) is 1.54. The first-order chi connectivity index (χ1) is 11.7. The summed E-state index contributed by atoms with van der Waals surface area (Å²) in [7, 11) is 1.72. The van der Waals surface area contributed by atoms with E-state index in [0.29, 0.717) is 43.8 Å². The minimum Gasteiger partial charge on any atom is -0.486 e. The zero-order chi connectivity index (χ0) is 16.8. The summed E-state index contributed by atoms with van der Waals surface area (Å²) >= 11 is 0. The molecule has 2 aromatic rings. The van der Waals surface area contributed by atoms with Gasteiger partial charge in [-0.05, 0) is 19.1 Å². The van der Waals surface area contributed by atoms with Crippen LogP contribution in [0.4, 0.5) is 0 Å². The number of rotatable bonds is 5. The molecule has 8 nitrogen and oxygen atoms in total. The number of para-hydroxylation sites is 2. The predicted molar refractivity (Wildman–Crippen MR) is 104 cm³/mol. The van der Waals surface area contributed by atoms with Crippen molar-refractivity contribution in [2.45, 2.75) is 19.4 Å². The van der Waals surface area contributed by atoms with E-state index in [-0.39, 0.29) is 30.1 Å². The molecule has 1 atom stereocenters. The van der Waals surface area contributed by atoms with E-state index in [1.54, 1.807) is 14.0 Å². The van der Waals surface area contributed by atoms with Crippen molar-refractivity contribution in [3.63, 3.8) is 0 Å². The number of benzene rings is 1. The van der Waals surface area contributed by atoms with Crippen molar-refractivity contribution in [1.82, 2.24) is 20.8 Å². The lowest BCUT2D eigenvalue weighted by molar-refractivity contribution is 0.0936. The molecule has 1 unspecified atom stereocenters. The lowest BCUT2D eigenvalue weighted by Gasteiger charge is -2.27. The van der Waals surface area contributed by atoms with Crippen molar-refractivity contribution in [2.24, 2.45) is 4.99 Å². The largest absolute Gasteiger partial charge is 0.486 e. The molecule has 0 aliphatic carbocycles. The lowest BCUT2D eigenvalue weighted by atomic mass is 10.2. The molecular weight excluding hydrogens is 437 g/mol. The normalized spacial score (nSPS) is 16.1. The number of hydrogen-bond acceptors (Lipinski definition) is 6. The van der Waals surface area contributed by atoms with Gasteiger partial charge in [-0.25, -0.2) is 0 Å². The first-order valence-electron chi connectivity index (χ1n) is 7.87. The Balaban J connectivity index is 0.00000225. The fourth-order valence-corrected chi connectivity index (χ4v) is 2.32. The highest BCUT2D eigenvalue weighted by atomic mass is 127. The van der Waals surface area contributed by atoms with Gasteiger partial charge in [-0.1, -0.05) is 17.3 Å². The number of aliphatic imine (C=N–C) groups is 1. The Morgan fingerprint density at radius 3 is 2.80 bits per heavy atom. The van der Waals surface area contributed by atoms with Gasteiger partial charge in [0, 0.05) is 20.0 Å². The standard InChI is InChI=1S/C16H21N5O3.HI/c1-11-20-15(24-21-11)7-8-18-16(17-2)19-9-12-10-22-13-5-3-4-6-14(13)23-12;/h3-6,12H,7-10H2,1-2H3,(H2,17,18,19);1H. The van der Waals surface area contributed by atoms with Crippen molar-refractivity contribution in [3.8, 4) is 11.5 Å². The van der Waals surface area contributed by atoms with E-state index in [1.165, 1.54) is 0 Å². The Bertz CT molecular complexity index is 707. The third-order valence-electron chi connectivity index (χ3n) is 3.49. The van der Waals surface area contributed by atoms with Gasteiger partial charge in [0.2, 0.25) is 5.89 Å². The van der Waals surface area contributed by atoms with E-state index in [0.717, 1.165) is 11.5 Å². The van der Waals surface area contributed by atoms with Crippen LogP contribution in [0.2, 0.25) is 0 Å². The maximum atomic E-state index is 5.90. The summed E-state index contributed by atoms with van der Waals surface area (Å²) in [5.74, 6) is 3.49. The molecule has 25 heavy (non-hydrogen) atoms.